The molecule has 12 rings (SSSR count). The van der Waals surface area contributed by atoms with Crippen LogP contribution in [0.4, 0.5) is 28.6 Å². The first kappa shape index (κ1) is 34.8. The van der Waals surface area contributed by atoms with E-state index in [2.05, 4.69) is 178 Å². The largest absolute Gasteiger partial charge is 0.453 e. The Kier molecular flexibility index (Phi) is 7.32. The van der Waals surface area contributed by atoms with E-state index in [0.29, 0.717) is 0 Å². The van der Waals surface area contributed by atoms with Crippen LogP contribution in [0.3, 0.4) is 0 Å². The van der Waals surface area contributed by atoms with Crippen LogP contribution in [-0.2, 0) is 17.3 Å². The molecular formula is C54H47BN2O2. The Morgan fingerprint density at radius 3 is 2.20 bits per heavy atom. The molecule has 0 saturated heterocycles. The van der Waals surface area contributed by atoms with Crippen LogP contribution in [0.2, 0.25) is 0 Å². The van der Waals surface area contributed by atoms with E-state index in [4.69, 9.17) is 9.15 Å². The first-order valence-electron chi connectivity index (χ1n) is 21.6. The summed E-state index contributed by atoms with van der Waals surface area (Å²) in [6.07, 6.45) is 5.65. The molecule has 288 valence electrons. The van der Waals surface area contributed by atoms with Gasteiger partial charge in [-0.05, 0) is 129 Å². The quantitative estimate of drug-likeness (QED) is 0.163. The van der Waals surface area contributed by atoms with E-state index in [1.54, 1.807) is 0 Å². The number of hydrogen-bond donors (Lipinski definition) is 0. The van der Waals surface area contributed by atoms with Gasteiger partial charge in [0.25, 0.3) is 0 Å². The third-order valence-corrected chi connectivity index (χ3v) is 14.1. The lowest BCUT2D eigenvalue weighted by Crippen LogP contribution is -2.61. The maximum Gasteiger partial charge on any atom is 0.337 e. The van der Waals surface area contributed by atoms with Gasteiger partial charge in [-0.15, -0.1) is 0 Å². The second-order valence-corrected chi connectivity index (χ2v) is 18.5. The van der Waals surface area contributed by atoms with E-state index < -0.39 is 0 Å². The normalized spacial score (nSPS) is 16.3. The summed E-state index contributed by atoms with van der Waals surface area (Å²) in [5.74, 6) is 2.64. The molecule has 5 heteroatoms. The molecule has 0 atom stereocenters. The van der Waals surface area contributed by atoms with Crippen molar-refractivity contribution < 1.29 is 9.15 Å². The summed E-state index contributed by atoms with van der Waals surface area (Å²) < 4.78 is 14.3. The highest BCUT2D eigenvalue weighted by Gasteiger charge is 2.51. The fourth-order valence-electron chi connectivity index (χ4n) is 10.9. The summed E-state index contributed by atoms with van der Waals surface area (Å²) in [6, 6.07) is 49.5. The van der Waals surface area contributed by atoms with Gasteiger partial charge in [-0.25, -0.2) is 0 Å². The Bertz CT molecular complexity index is 3050. The van der Waals surface area contributed by atoms with Crippen molar-refractivity contribution in [2.24, 2.45) is 0 Å². The van der Waals surface area contributed by atoms with Crippen molar-refractivity contribution in [2.45, 2.75) is 77.6 Å². The molecule has 0 fully saturated rings. The van der Waals surface area contributed by atoms with E-state index in [1.807, 2.05) is 0 Å². The van der Waals surface area contributed by atoms with Gasteiger partial charge in [0.05, 0.1) is 17.1 Å². The minimum atomic E-state index is -0.183. The zero-order chi connectivity index (χ0) is 39.8. The Morgan fingerprint density at radius 1 is 0.627 bits per heavy atom. The van der Waals surface area contributed by atoms with Crippen molar-refractivity contribution in [1.29, 1.82) is 0 Å². The third kappa shape index (κ3) is 4.91. The van der Waals surface area contributed by atoms with E-state index in [-0.39, 0.29) is 17.7 Å². The van der Waals surface area contributed by atoms with E-state index in [0.717, 1.165) is 77.8 Å². The van der Waals surface area contributed by atoms with Crippen molar-refractivity contribution in [3.63, 3.8) is 0 Å². The van der Waals surface area contributed by atoms with Crippen molar-refractivity contribution in [3.8, 4) is 33.8 Å². The van der Waals surface area contributed by atoms with Crippen LogP contribution in [0.5, 0.6) is 11.5 Å². The molecule has 0 saturated carbocycles. The lowest BCUT2D eigenvalue weighted by atomic mass is 9.43. The van der Waals surface area contributed by atoms with Gasteiger partial charge in [0.2, 0.25) is 5.88 Å². The number of fused-ring (bicyclic) bond motifs is 11. The van der Waals surface area contributed by atoms with E-state index in [9.17, 15) is 0 Å². The monoisotopic (exact) mass is 766 g/mol. The number of furan rings is 1. The highest BCUT2D eigenvalue weighted by atomic mass is 16.5. The molecule has 0 unspecified atom stereocenters. The van der Waals surface area contributed by atoms with Crippen molar-refractivity contribution in [2.75, 3.05) is 9.71 Å². The second kappa shape index (κ2) is 12.4. The maximum atomic E-state index is 7.52. The fraction of sp³-hybridized carbons (Fsp3) is 0.222. The Balaban J connectivity index is 1.26. The molecule has 4 aliphatic rings. The Morgan fingerprint density at radius 2 is 1.37 bits per heavy atom. The van der Waals surface area contributed by atoms with Crippen LogP contribution in [0.1, 0.15) is 77.0 Å². The number of para-hydroxylation sites is 3. The molecule has 0 spiro atoms. The SMILES string of the molecule is CCCCc1ccc(N2c3cc4ccccc4c4c3B(c3c2oc2cc5c(cc32)C(C)(C)CCC5(C)C)N2c3ccccc3Oc3cccc-4c32)c(-c2ccccc2)c1. The van der Waals surface area contributed by atoms with Crippen LogP contribution in [0, 0.1) is 0 Å². The molecule has 0 bridgehead atoms. The topological polar surface area (TPSA) is 28.9 Å². The predicted molar refractivity (Wildman–Crippen MR) is 247 cm³/mol. The molecule has 4 heterocycles. The Labute approximate surface area is 347 Å². The molecule has 4 nitrogen and oxygen atoms in total. The van der Waals surface area contributed by atoms with Crippen LogP contribution in [-0.4, -0.2) is 6.85 Å². The highest BCUT2D eigenvalue weighted by Crippen LogP contribution is 2.58. The van der Waals surface area contributed by atoms with Gasteiger partial charge in [-0.1, -0.05) is 126 Å². The van der Waals surface area contributed by atoms with Gasteiger partial charge in [0, 0.05) is 27.7 Å². The Hall–Kier alpha value is -6.20. The van der Waals surface area contributed by atoms with Crippen molar-refractivity contribution in [1.82, 2.24) is 0 Å². The van der Waals surface area contributed by atoms with Crippen molar-refractivity contribution in [3.05, 3.63) is 150 Å². The predicted octanol–water partition coefficient (Wildman–Crippen LogP) is 13.8. The summed E-state index contributed by atoms with van der Waals surface area (Å²) >= 11 is 0. The van der Waals surface area contributed by atoms with Crippen LogP contribution in [0.25, 0.3) is 44.0 Å². The standard InChI is InChI=1S/C54H47BN2O2/c1-6-7-16-33-25-26-42(38(29-33)34-17-9-8-10-18-34)56-44-30-35-19-11-12-20-36(35)48-37-21-15-24-46-51(37)57(43-22-13-14-23-45(43)58-46)55(50(44)48)49-39-31-40-41(32-47(39)59-52(49)56)54(4,5)28-27-53(40,2)3/h8-15,17-26,29-32H,6-7,16,27-28H2,1-5H3. The maximum absolute atomic E-state index is 7.52. The van der Waals surface area contributed by atoms with Gasteiger partial charge in [-0.3, -0.25) is 4.90 Å². The van der Waals surface area contributed by atoms with E-state index >= 15 is 0 Å². The molecule has 0 N–H and O–H groups in total. The zero-order valence-corrected chi connectivity index (χ0v) is 34.5. The number of unbranched alkanes of at least 4 members (excludes halogenated alkanes) is 1. The molecular weight excluding hydrogens is 719 g/mol. The molecule has 1 aliphatic carbocycles. The first-order chi connectivity index (χ1) is 28.7. The minimum absolute atomic E-state index is 0.0313. The number of nitrogens with zero attached hydrogens (tertiary/aromatic N) is 2. The third-order valence-electron chi connectivity index (χ3n) is 14.1. The average molecular weight is 767 g/mol. The summed E-state index contributed by atoms with van der Waals surface area (Å²) in [4.78, 5) is 5.06. The molecule has 8 aromatic rings. The van der Waals surface area contributed by atoms with Crippen molar-refractivity contribution >= 4 is 68.1 Å². The van der Waals surface area contributed by atoms with Gasteiger partial charge >= 0.3 is 6.85 Å². The van der Waals surface area contributed by atoms with Crippen LogP contribution >= 0.6 is 0 Å². The fourth-order valence-corrected chi connectivity index (χ4v) is 10.9. The van der Waals surface area contributed by atoms with Gasteiger partial charge < -0.3 is 14.0 Å². The lowest BCUT2D eigenvalue weighted by molar-refractivity contribution is 0.332. The second-order valence-electron chi connectivity index (χ2n) is 18.5. The molecule has 0 radical (unpaired) electrons. The number of rotatable bonds is 5. The lowest BCUT2D eigenvalue weighted by Gasteiger charge is -2.46. The number of benzene rings is 7. The summed E-state index contributed by atoms with van der Waals surface area (Å²) in [7, 11) is 0. The summed E-state index contributed by atoms with van der Waals surface area (Å²) in [6.45, 7) is 11.8. The average Bonchev–Trinajstić information content (AvgIpc) is 3.63. The van der Waals surface area contributed by atoms with Crippen LogP contribution in [0.15, 0.2) is 138 Å². The number of aryl methyl sites for hydroxylation is 1. The molecule has 59 heavy (non-hydrogen) atoms. The van der Waals surface area contributed by atoms with Crippen LogP contribution < -0.4 is 25.4 Å². The van der Waals surface area contributed by atoms with E-state index in [1.165, 1.54) is 66.0 Å². The summed E-state index contributed by atoms with van der Waals surface area (Å²) in [5, 5.41) is 3.64. The smallest absolute Gasteiger partial charge is 0.337 e. The molecule has 1 aromatic heterocycles. The van der Waals surface area contributed by atoms with Gasteiger partial charge in [0.1, 0.15) is 11.3 Å². The first-order valence-corrected chi connectivity index (χ1v) is 21.6. The molecule has 3 aliphatic heterocycles. The number of hydrogen-bond acceptors (Lipinski definition) is 4. The molecule has 0 amide bonds. The summed E-state index contributed by atoms with van der Waals surface area (Å²) in [5.41, 5.74) is 17.1. The van der Waals surface area contributed by atoms with Gasteiger partial charge in [-0.2, -0.15) is 0 Å². The minimum Gasteiger partial charge on any atom is -0.453 e. The number of ether oxygens (including phenoxy) is 1. The highest BCUT2D eigenvalue weighted by molar-refractivity contribution is 6.95. The number of anilines is 5. The zero-order valence-electron chi connectivity index (χ0n) is 34.5. The van der Waals surface area contributed by atoms with Gasteiger partial charge in [0.15, 0.2) is 5.75 Å². The molecule has 7 aromatic carbocycles.